The van der Waals surface area contributed by atoms with Crippen LogP contribution in [0.1, 0.15) is 12.8 Å². The minimum Gasteiger partial charge on any atom is -0.327 e. The average molecular weight is 149 g/mol. The zero-order chi connectivity index (χ0) is 7.07. The Labute approximate surface area is 55.2 Å². The number of hydrogen-bond acceptors (Lipinski definition) is 3. The Kier molecular flexibility index (Phi) is 1.52. The molecule has 0 amide bonds. The van der Waals surface area contributed by atoms with Crippen LogP contribution >= 0.6 is 0 Å². The van der Waals surface area contributed by atoms with Gasteiger partial charge < -0.3 is 5.73 Å². The van der Waals surface area contributed by atoms with Gasteiger partial charge in [0.05, 0.1) is 5.25 Å². The molecule has 54 valence electrons. The van der Waals surface area contributed by atoms with Crippen LogP contribution in [0.5, 0.6) is 0 Å². The van der Waals surface area contributed by atoms with Gasteiger partial charge in [0.25, 0.3) is 0 Å². The van der Waals surface area contributed by atoms with E-state index in [1.807, 2.05) is 0 Å². The normalized spacial score (nSPS) is 35.8. The molecule has 2 N–H and O–H groups in total. The van der Waals surface area contributed by atoms with Gasteiger partial charge in [-0.1, -0.05) is 0 Å². The maximum Gasteiger partial charge on any atom is 0.151 e. The van der Waals surface area contributed by atoms with Crippen molar-refractivity contribution in [3.8, 4) is 0 Å². The quantitative estimate of drug-likeness (QED) is 0.548. The molecule has 0 aromatic rings. The molecule has 1 aliphatic rings. The highest BCUT2D eigenvalue weighted by Crippen LogP contribution is 2.24. The molecule has 1 saturated carbocycles. The Morgan fingerprint density at radius 3 is 2.00 bits per heavy atom. The maximum atomic E-state index is 10.7. The molecule has 0 aliphatic heterocycles. The van der Waals surface area contributed by atoms with Crippen LogP contribution in [-0.4, -0.2) is 26.0 Å². The van der Waals surface area contributed by atoms with Gasteiger partial charge in [0, 0.05) is 12.3 Å². The molecule has 0 aromatic carbocycles. The molecule has 3 nitrogen and oxygen atoms in total. The first kappa shape index (κ1) is 7.02. The molecule has 2 atom stereocenters. The highest BCUT2D eigenvalue weighted by atomic mass is 32.2. The molecule has 1 rings (SSSR count). The second-order valence-electron chi connectivity index (χ2n) is 2.61. The molecule has 0 bridgehead atoms. The van der Waals surface area contributed by atoms with E-state index >= 15 is 0 Å². The third-order valence-electron chi connectivity index (χ3n) is 1.81. The predicted molar refractivity (Wildman–Crippen MR) is 35.8 cm³/mol. The summed E-state index contributed by atoms with van der Waals surface area (Å²) in [6.45, 7) is 0. The molecule has 0 heterocycles. The van der Waals surface area contributed by atoms with E-state index in [2.05, 4.69) is 0 Å². The van der Waals surface area contributed by atoms with Crippen LogP contribution in [-0.2, 0) is 9.84 Å². The van der Waals surface area contributed by atoms with E-state index in [9.17, 15) is 8.42 Å². The summed E-state index contributed by atoms with van der Waals surface area (Å²) in [5.41, 5.74) is 5.43. The molecule has 0 spiro atoms. The van der Waals surface area contributed by atoms with E-state index < -0.39 is 9.84 Å². The van der Waals surface area contributed by atoms with E-state index in [4.69, 9.17) is 5.73 Å². The van der Waals surface area contributed by atoms with E-state index in [-0.39, 0.29) is 11.3 Å². The van der Waals surface area contributed by atoms with Gasteiger partial charge in [-0.15, -0.1) is 0 Å². The van der Waals surface area contributed by atoms with Crippen LogP contribution in [0.4, 0.5) is 0 Å². The fourth-order valence-electron chi connectivity index (χ4n) is 1.03. The topological polar surface area (TPSA) is 60.2 Å². The molecule has 0 aromatic heterocycles. The van der Waals surface area contributed by atoms with Gasteiger partial charge in [-0.05, 0) is 12.8 Å². The van der Waals surface area contributed by atoms with Gasteiger partial charge in [-0.2, -0.15) is 0 Å². The zero-order valence-electron chi connectivity index (χ0n) is 5.37. The van der Waals surface area contributed by atoms with Crippen LogP contribution < -0.4 is 5.73 Å². The third kappa shape index (κ3) is 1.24. The Morgan fingerprint density at radius 2 is 2.00 bits per heavy atom. The van der Waals surface area contributed by atoms with E-state index in [0.717, 1.165) is 12.8 Å². The fraction of sp³-hybridized carbons (Fsp3) is 1.00. The lowest BCUT2D eigenvalue weighted by Gasteiger charge is -2.31. The lowest BCUT2D eigenvalue weighted by molar-refractivity contribution is 0.410. The third-order valence-corrected chi connectivity index (χ3v) is 3.50. The minimum absolute atomic E-state index is 0.0972. The van der Waals surface area contributed by atoms with Crippen molar-refractivity contribution in [1.82, 2.24) is 0 Å². The standard InChI is InChI=1S/C5H11NO2S/c1-9(7,8)5-3-2-4(5)6/h4-5H,2-3,6H2,1H3. The summed E-state index contributed by atoms with van der Waals surface area (Å²) in [4.78, 5) is 0. The summed E-state index contributed by atoms with van der Waals surface area (Å²) in [5, 5.41) is -0.252. The highest BCUT2D eigenvalue weighted by molar-refractivity contribution is 7.91. The van der Waals surface area contributed by atoms with Crippen LogP contribution in [0.15, 0.2) is 0 Å². The Morgan fingerprint density at radius 1 is 1.44 bits per heavy atom. The van der Waals surface area contributed by atoms with Crippen molar-refractivity contribution in [3.05, 3.63) is 0 Å². The summed E-state index contributed by atoms with van der Waals surface area (Å²) in [7, 11) is -2.84. The zero-order valence-corrected chi connectivity index (χ0v) is 6.19. The van der Waals surface area contributed by atoms with Crippen LogP contribution in [0.25, 0.3) is 0 Å². The minimum atomic E-state index is -2.84. The van der Waals surface area contributed by atoms with E-state index in [1.165, 1.54) is 6.26 Å². The van der Waals surface area contributed by atoms with Crippen molar-refractivity contribution in [1.29, 1.82) is 0 Å². The van der Waals surface area contributed by atoms with Crippen LogP contribution in [0.3, 0.4) is 0 Å². The summed E-state index contributed by atoms with van der Waals surface area (Å²) in [6, 6.07) is -0.0972. The Bertz CT molecular complexity index is 197. The average Bonchev–Trinajstić information content (AvgIpc) is 1.57. The van der Waals surface area contributed by atoms with E-state index in [1.54, 1.807) is 0 Å². The van der Waals surface area contributed by atoms with Gasteiger partial charge in [0.2, 0.25) is 0 Å². The fourth-order valence-corrected chi connectivity index (χ4v) is 2.36. The smallest absolute Gasteiger partial charge is 0.151 e. The van der Waals surface area contributed by atoms with E-state index in [0.29, 0.717) is 0 Å². The number of sulfone groups is 1. The monoisotopic (exact) mass is 149 g/mol. The molecule has 0 radical (unpaired) electrons. The molecule has 0 saturated heterocycles. The first-order valence-electron chi connectivity index (χ1n) is 2.96. The van der Waals surface area contributed by atoms with Gasteiger partial charge in [-0.25, -0.2) is 8.42 Å². The van der Waals surface area contributed by atoms with Gasteiger partial charge in [0.15, 0.2) is 9.84 Å². The highest BCUT2D eigenvalue weighted by Gasteiger charge is 2.35. The van der Waals surface area contributed by atoms with Crippen molar-refractivity contribution in [2.75, 3.05) is 6.26 Å². The SMILES string of the molecule is CS(=O)(=O)C1CCC1N. The lowest BCUT2D eigenvalue weighted by atomic mass is 9.93. The summed E-state index contributed by atoms with van der Waals surface area (Å²) in [6.07, 6.45) is 2.86. The van der Waals surface area contributed by atoms with Gasteiger partial charge in [0.1, 0.15) is 0 Å². The number of hydrogen-bond donors (Lipinski definition) is 1. The largest absolute Gasteiger partial charge is 0.327 e. The lowest BCUT2D eigenvalue weighted by Crippen LogP contribution is -2.48. The number of rotatable bonds is 1. The summed E-state index contributed by atoms with van der Waals surface area (Å²) < 4.78 is 21.5. The molecule has 9 heavy (non-hydrogen) atoms. The molecular weight excluding hydrogens is 138 g/mol. The van der Waals surface area contributed by atoms with Crippen molar-refractivity contribution < 1.29 is 8.42 Å². The van der Waals surface area contributed by atoms with Crippen molar-refractivity contribution >= 4 is 9.84 Å². The Hall–Kier alpha value is -0.0900. The molecule has 2 unspecified atom stereocenters. The second kappa shape index (κ2) is 1.95. The molecule has 1 aliphatic carbocycles. The van der Waals surface area contributed by atoms with Crippen molar-refractivity contribution in [2.45, 2.75) is 24.1 Å². The first-order valence-corrected chi connectivity index (χ1v) is 4.92. The summed E-state index contributed by atoms with van der Waals surface area (Å²) >= 11 is 0. The molecule has 1 fully saturated rings. The first-order chi connectivity index (χ1) is 4.02. The predicted octanol–water partition coefficient (Wildman–Crippen LogP) is -0.479. The molecule has 4 heteroatoms. The summed E-state index contributed by atoms with van der Waals surface area (Å²) in [5.74, 6) is 0. The molecular formula is C5H11NO2S. The van der Waals surface area contributed by atoms with Crippen LogP contribution in [0, 0.1) is 0 Å². The number of nitrogens with two attached hydrogens (primary N) is 1. The Balaban J connectivity index is 2.66. The maximum absolute atomic E-state index is 10.7. The van der Waals surface area contributed by atoms with Crippen molar-refractivity contribution in [3.63, 3.8) is 0 Å². The van der Waals surface area contributed by atoms with Gasteiger partial charge >= 0.3 is 0 Å². The van der Waals surface area contributed by atoms with Crippen molar-refractivity contribution in [2.24, 2.45) is 5.73 Å². The van der Waals surface area contributed by atoms with Crippen LogP contribution in [0.2, 0.25) is 0 Å². The second-order valence-corrected chi connectivity index (χ2v) is 4.87. The van der Waals surface area contributed by atoms with Gasteiger partial charge in [-0.3, -0.25) is 0 Å².